The maximum absolute atomic E-state index is 8.61. The molecule has 86 valence electrons. The molecule has 1 aliphatic rings. The lowest BCUT2D eigenvalue weighted by atomic mass is 10.3. The first kappa shape index (κ1) is 11.5. The molecule has 5 heteroatoms. The minimum Gasteiger partial charge on any atom is -0.294 e. The van der Waals surface area contributed by atoms with E-state index in [1.807, 2.05) is 6.92 Å². The second-order valence-corrected chi connectivity index (χ2v) is 5.04. The van der Waals surface area contributed by atoms with Crippen LogP contribution in [-0.2, 0) is 6.54 Å². The van der Waals surface area contributed by atoms with Gasteiger partial charge in [-0.3, -0.25) is 9.80 Å². The Morgan fingerprint density at radius 3 is 2.62 bits per heavy atom. The minimum atomic E-state index is 0.560. The van der Waals surface area contributed by atoms with Gasteiger partial charge in [-0.1, -0.05) is 0 Å². The van der Waals surface area contributed by atoms with Crippen LogP contribution in [0.15, 0.2) is 5.38 Å². The smallest absolute Gasteiger partial charge is 0.107 e. The van der Waals surface area contributed by atoms with Crippen LogP contribution in [0, 0.1) is 18.3 Å². The van der Waals surface area contributed by atoms with Gasteiger partial charge in [0, 0.05) is 37.3 Å². The number of rotatable bonds is 3. The number of hydrogen-bond donors (Lipinski definition) is 0. The van der Waals surface area contributed by atoms with Gasteiger partial charge in [0.25, 0.3) is 0 Å². The largest absolute Gasteiger partial charge is 0.294 e. The van der Waals surface area contributed by atoms with Crippen molar-refractivity contribution in [2.75, 3.05) is 32.7 Å². The average Bonchev–Trinajstić information content (AvgIpc) is 2.67. The van der Waals surface area contributed by atoms with Gasteiger partial charge in [-0.25, -0.2) is 4.98 Å². The van der Waals surface area contributed by atoms with Gasteiger partial charge in [-0.15, -0.1) is 11.3 Å². The topological polar surface area (TPSA) is 43.2 Å². The molecule has 4 nitrogen and oxygen atoms in total. The van der Waals surface area contributed by atoms with Crippen molar-refractivity contribution in [1.29, 1.82) is 5.26 Å². The Hall–Kier alpha value is -0.960. The lowest BCUT2D eigenvalue weighted by molar-refractivity contribution is 0.138. The molecule has 2 rings (SSSR count). The van der Waals surface area contributed by atoms with E-state index in [4.69, 9.17) is 5.26 Å². The van der Waals surface area contributed by atoms with Crippen LogP contribution in [0.3, 0.4) is 0 Å². The van der Waals surface area contributed by atoms with Crippen LogP contribution in [0.4, 0.5) is 0 Å². The maximum Gasteiger partial charge on any atom is 0.107 e. The van der Waals surface area contributed by atoms with Crippen LogP contribution >= 0.6 is 11.3 Å². The van der Waals surface area contributed by atoms with Crippen molar-refractivity contribution in [3.05, 3.63) is 16.1 Å². The first-order valence-electron chi connectivity index (χ1n) is 5.50. The zero-order valence-electron chi connectivity index (χ0n) is 9.52. The standard InChI is InChI=1S/C11H16N4S/c1-10-9-16-11(13-10)8-15-6-4-14(3-2-12)5-7-15/h9H,3-8H2,1H3. The Labute approximate surface area is 100 Å². The highest BCUT2D eigenvalue weighted by molar-refractivity contribution is 7.09. The van der Waals surface area contributed by atoms with Crippen LogP contribution < -0.4 is 0 Å². The quantitative estimate of drug-likeness (QED) is 0.737. The van der Waals surface area contributed by atoms with Crippen molar-refractivity contribution < 1.29 is 0 Å². The zero-order valence-corrected chi connectivity index (χ0v) is 10.3. The number of thiazole rings is 1. The molecule has 1 fully saturated rings. The summed E-state index contributed by atoms with van der Waals surface area (Å²) in [6.07, 6.45) is 0. The molecule has 0 amide bonds. The van der Waals surface area contributed by atoms with Crippen molar-refractivity contribution in [2.45, 2.75) is 13.5 Å². The molecular weight excluding hydrogens is 220 g/mol. The van der Waals surface area contributed by atoms with Gasteiger partial charge in [-0.05, 0) is 6.92 Å². The number of piperazine rings is 1. The highest BCUT2D eigenvalue weighted by atomic mass is 32.1. The summed E-state index contributed by atoms with van der Waals surface area (Å²) in [7, 11) is 0. The first-order chi connectivity index (χ1) is 7.78. The molecule has 0 radical (unpaired) electrons. The lowest BCUT2D eigenvalue weighted by Crippen LogP contribution is -2.45. The van der Waals surface area contributed by atoms with Crippen molar-refractivity contribution >= 4 is 11.3 Å². The fourth-order valence-electron chi connectivity index (χ4n) is 1.87. The summed E-state index contributed by atoms with van der Waals surface area (Å²) in [5, 5.41) is 11.9. The Bertz CT molecular complexity index is 374. The van der Waals surface area contributed by atoms with Crippen molar-refractivity contribution in [3.8, 4) is 6.07 Å². The normalized spacial score (nSPS) is 18.5. The number of nitrogens with zero attached hydrogens (tertiary/aromatic N) is 4. The zero-order chi connectivity index (χ0) is 11.4. The van der Waals surface area contributed by atoms with E-state index in [1.54, 1.807) is 11.3 Å². The monoisotopic (exact) mass is 236 g/mol. The summed E-state index contributed by atoms with van der Waals surface area (Å²) in [6.45, 7) is 7.63. The molecule has 0 saturated carbocycles. The fourth-order valence-corrected chi connectivity index (χ4v) is 2.69. The predicted molar refractivity (Wildman–Crippen MR) is 64.2 cm³/mol. The Kier molecular flexibility index (Phi) is 3.88. The molecule has 0 unspecified atom stereocenters. The van der Waals surface area contributed by atoms with Crippen LogP contribution in [0.2, 0.25) is 0 Å². The predicted octanol–water partition coefficient (Wildman–Crippen LogP) is 1.09. The van der Waals surface area contributed by atoms with Crippen LogP contribution in [0.1, 0.15) is 10.7 Å². The number of hydrogen-bond acceptors (Lipinski definition) is 5. The third-order valence-corrected chi connectivity index (χ3v) is 3.74. The van der Waals surface area contributed by atoms with Crippen molar-refractivity contribution in [3.63, 3.8) is 0 Å². The molecule has 0 atom stereocenters. The van der Waals surface area contributed by atoms with E-state index in [0.29, 0.717) is 6.54 Å². The maximum atomic E-state index is 8.61. The molecule has 1 aromatic heterocycles. The first-order valence-corrected chi connectivity index (χ1v) is 6.38. The lowest BCUT2D eigenvalue weighted by Gasteiger charge is -2.32. The third kappa shape index (κ3) is 3.01. The van der Waals surface area contributed by atoms with Gasteiger partial charge < -0.3 is 0 Å². The molecule has 16 heavy (non-hydrogen) atoms. The highest BCUT2D eigenvalue weighted by Crippen LogP contribution is 2.12. The summed E-state index contributed by atoms with van der Waals surface area (Å²) in [5.41, 5.74) is 1.11. The fraction of sp³-hybridized carbons (Fsp3) is 0.636. The molecule has 0 aliphatic carbocycles. The molecule has 0 N–H and O–H groups in total. The van der Waals surface area contributed by atoms with Crippen molar-refractivity contribution in [1.82, 2.24) is 14.8 Å². The number of nitriles is 1. The highest BCUT2D eigenvalue weighted by Gasteiger charge is 2.17. The molecule has 0 aromatic carbocycles. The van der Waals surface area contributed by atoms with E-state index in [9.17, 15) is 0 Å². The van der Waals surface area contributed by atoms with Crippen LogP contribution in [0.5, 0.6) is 0 Å². The second kappa shape index (κ2) is 5.39. The van der Waals surface area contributed by atoms with Crippen molar-refractivity contribution in [2.24, 2.45) is 0 Å². The Morgan fingerprint density at radius 2 is 2.06 bits per heavy atom. The van der Waals surface area contributed by atoms with E-state index in [2.05, 4.69) is 26.2 Å². The van der Waals surface area contributed by atoms with E-state index in [1.165, 1.54) is 5.01 Å². The van der Waals surface area contributed by atoms with Crippen LogP contribution in [0.25, 0.3) is 0 Å². The number of aromatic nitrogens is 1. The van der Waals surface area contributed by atoms with Gasteiger partial charge in [0.1, 0.15) is 5.01 Å². The van der Waals surface area contributed by atoms with E-state index in [-0.39, 0.29) is 0 Å². The molecule has 0 bridgehead atoms. The van der Waals surface area contributed by atoms with Gasteiger partial charge in [0.15, 0.2) is 0 Å². The summed E-state index contributed by atoms with van der Waals surface area (Å²) in [6, 6.07) is 2.20. The van der Waals surface area contributed by atoms with Crippen LogP contribution in [-0.4, -0.2) is 47.5 Å². The summed E-state index contributed by atoms with van der Waals surface area (Å²) >= 11 is 1.74. The molecule has 1 saturated heterocycles. The summed E-state index contributed by atoms with van der Waals surface area (Å²) < 4.78 is 0. The summed E-state index contributed by atoms with van der Waals surface area (Å²) in [4.78, 5) is 9.08. The third-order valence-electron chi connectivity index (χ3n) is 2.78. The summed E-state index contributed by atoms with van der Waals surface area (Å²) in [5.74, 6) is 0. The molecular formula is C11H16N4S. The Balaban J connectivity index is 1.79. The van der Waals surface area contributed by atoms with Gasteiger partial charge >= 0.3 is 0 Å². The minimum absolute atomic E-state index is 0.560. The Morgan fingerprint density at radius 1 is 1.38 bits per heavy atom. The van der Waals surface area contributed by atoms with E-state index < -0.39 is 0 Å². The SMILES string of the molecule is Cc1csc(CN2CCN(CC#N)CC2)n1. The van der Waals surface area contributed by atoms with Gasteiger partial charge in [0.05, 0.1) is 19.2 Å². The molecule has 2 heterocycles. The average molecular weight is 236 g/mol. The molecule has 0 spiro atoms. The second-order valence-electron chi connectivity index (χ2n) is 4.09. The van der Waals surface area contributed by atoms with Gasteiger partial charge in [0.2, 0.25) is 0 Å². The van der Waals surface area contributed by atoms with E-state index in [0.717, 1.165) is 38.4 Å². The molecule has 1 aromatic rings. The molecule has 1 aliphatic heterocycles. The number of aryl methyl sites for hydroxylation is 1. The van der Waals surface area contributed by atoms with Gasteiger partial charge in [-0.2, -0.15) is 5.26 Å². The van der Waals surface area contributed by atoms with E-state index >= 15 is 0 Å².